The van der Waals surface area contributed by atoms with E-state index in [0.717, 1.165) is 0 Å². The lowest BCUT2D eigenvalue weighted by atomic mass is 10.1. The first kappa shape index (κ1) is 22.9. The van der Waals surface area contributed by atoms with E-state index >= 15 is 0 Å². The van der Waals surface area contributed by atoms with E-state index in [0.29, 0.717) is 25.1 Å². The van der Waals surface area contributed by atoms with Crippen molar-refractivity contribution in [2.24, 2.45) is 0 Å². The zero-order valence-electron chi connectivity index (χ0n) is 15.6. The van der Waals surface area contributed by atoms with Crippen LogP contribution in [0.3, 0.4) is 0 Å². The number of halogens is 3. The normalized spacial score (nSPS) is 10.4. The Kier molecular flexibility index (Phi) is 7.42. The van der Waals surface area contributed by atoms with E-state index in [1.54, 1.807) is 36.4 Å². The quantitative estimate of drug-likeness (QED) is 0.172. The summed E-state index contributed by atoms with van der Waals surface area (Å²) in [5.74, 6) is -1.17. The Morgan fingerprint density at radius 3 is 2.35 bits per heavy atom. The molecule has 0 aromatic heterocycles. The summed E-state index contributed by atoms with van der Waals surface area (Å²) in [4.78, 5) is 35.7. The summed E-state index contributed by atoms with van der Waals surface area (Å²) < 4.78 is 6.58. The summed E-state index contributed by atoms with van der Waals surface area (Å²) in [6.45, 7) is 0.0155. The van der Waals surface area contributed by atoms with Crippen molar-refractivity contribution in [3.63, 3.8) is 0 Å². The highest BCUT2D eigenvalue weighted by atomic mass is 79.9. The topological polar surface area (TPSA) is 98.5 Å². The summed E-state index contributed by atoms with van der Waals surface area (Å²) in [6, 6.07) is 15.4. The van der Waals surface area contributed by atoms with Crippen LogP contribution in [0.25, 0.3) is 0 Å². The Hall–Kier alpha value is -2.75. The Balaban J connectivity index is 1.87. The van der Waals surface area contributed by atoms with Crippen LogP contribution in [0.5, 0.6) is 5.75 Å². The van der Waals surface area contributed by atoms with Gasteiger partial charge in [-0.1, -0.05) is 51.8 Å². The van der Waals surface area contributed by atoms with Crippen molar-refractivity contribution in [2.75, 3.05) is 0 Å². The molecule has 3 aromatic carbocycles. The Morgan fingerprint density at radius 1 is 1.03 bits per heavy atom. The van der Waals surface area contributed by atoms with Gasteiger partial charge >= 0.3 is 5.97 Å². The van der Waals surface area contributed by atoms with Gasteiger partial charge in [-0.05, 0) is 46.3 Å². The number of para-hydroxylation sites is 1. The van der Waals surface area contributed by atoms with Crippen molar-refractivity contribution in [2.45, 2.75) is 6.54 Å². The fourth-order valence-electron chi connectivity index (χ4n) is 2.73. The number of esters is 1. The molecule has 0 unspecified atom stereocenters. The fourth-order valence-corrected chi connectivity index (χ4v) is 4.34. The molecule has 7 nitrogen and oxygen atoms in total. The zero-order valence-corrected chi connectivity index (χ0v) is 19.5. The summed E-state index contributed by atoms with van der Waals surface area (Å²) in [6.07, 6.45) is 0. The van der Waals surface area contributed by atoms with Gasteiger partial charge in [-0.3, -0.25) is 14.9 Å². The molecule has 3 rings (SSSR count). The molecule has 0 spiro atoms. The molecule has 1 amide bonds. The Labute approximate surface area is 198 Å². The van der Waals surface area contributed by atoms with Crippen molar-refractivity contribution in [1.29, 1.82) is 0 Å². The van der Waals surface area contributed by atoms with Crippen LogP contribution < -0.4 is 10.1 Å². The number of ether oxygens (including phenoxy) is 1. The molecule has 0 atom stereocenters. The van der Waals surface area contributed by atoms with Crippen molar-refractivity contribution in [3.8, 4) is 5.75 Å². The maximum atomic E-state index is 12.7. The molecule has 31 heavy (non-hydrogen) atoms. The van der Waals surface area contributed by atoms with Gasteiger partial charge in [0, 0.05) is 22.6 Å². The first-order chi connectivity index (χ1) is 14.8. The number of amides is 1. The first-order valence-electron chi connectivity index (χ1n) is 8.74. The number of nitro benzene ring substituents is 1. The smallest absolute Gasteiger partial charge is 0.350 e. The van der Waals surface area contributed by atoms with Crippen LogP contribution in [0.2, 0.25) is 5.02 Å². The molecule has 0 aliphatic rings. The van der Waals surface area contributed by atoms with Gasteiger partial charge in [0.25, 0.3) is 11.6 Å². The number of carbonyl (C=O) groups excluding carboxylic acids is 2. The molecule has 158 valence electrons. The second-order valence-corrected chi connectivity index (χ2v) is 8.38. The van der Waals surface area contributed by atoms with Gasteiger partial charge in [-0.15, -0.1) is 0 Å². The van der Waals surface area contributed by atoms with Crippen LogP contribution in [0, 0.1) is 10.1 Å². The van der Waals surface area contributed by atoms with E-state index in [1.807, 2.05) is 0 Å². The third-order valence-electron chi connectivity index (χ3n) is 4.16. The second-order valence-electron chi connectivity index (χ2n) is 6.20. The highest BCUT2D eigenvalue weighted by molar-refractivity contribution is 9.11. The molecule has 1 N–H and O–H groups in total. The van der Waals surface area contributed by atoms with Crippen LogP contribution >= 0.6 is 43.5 Å². The van der Waals surface area contributed by atoms with Crippen LogP contribution in [0.4, 0.5) is 5.69 Å². The third kappa shape index (κ3) is 5.49. The van der Waals surface area contributed by atoms with Gasteiger partial charge in [0.05, 0.1) is 20.0 Å². The molecular weight excluding hydrogens is 556 g/mol. The molecule has 0 saturated heterocycles. The largest absolute Gasteiger partial charge is 0.421 e. The molecule has 0 aliphatic carbocycles. The number of nitro groups is 1. The molecule has 10 heteroatoms. The number of carbonyl (C=O) groups is 2. The van der Waals surface area contributed by atoms with E-state index in [2.05, 4.69) is 37.2 Å². The lowest BCUT2D eigenvalue weighted by Gasteiger charge is -2.14. The average molecular weight is 569 g/mol. The average Bonchev–Trinajstić information content (AvgIpc) is 2.74. The predicted molar refractivity (Wildman–Crippen MR) is 123 cm³/mol. The van der Waals surface area contributed by atoms with Gasteiger partial charge in [-0.25, -0.2) is 4.79 Å². The minimum absolute atomic E-state index is 0.0155. The molecule has 0 radical (unpaired) electrons. The summed E-state index contributed by atoms with van der Waals surface area (Å²) >= 11 is 12.8. The van der Waals surface area contributed by atoms with Crippen molar-refractivity contribution < 1.29 is 19.2 Å². The van der Waals surface area contributed by atoms with Gasteiger partial charge in [0.1, 0.15) is 11.3 Å². The lowest BCUT2D eigenvalue weighted by Crippen LogP contribution is -2.24. The maximum Gasteiger partial charge on any atom is 0.350 e. The van der Waals surface area contributed by atoms with Crippen LogP contribution in [-0.4, -0.2) is 16.8 Å². The summed E-state index contributed by atoms with van der Waals surface area (Å²) in [7, 11) is 0. The highest BCUT2D eigenvalue weighted by Gasteiger charge is 2.23. The fraction of sp³-hybridized carbons (Fsp3) is 0.0476. The lowest BCUT2D eigenvalue weighted by molar-refractivity contribution is -0.385. The van der Waals surface area contributed by atoms with E-state index in [9.17, 15) is 19.7 Å². The van der Waals surface area contributed by atoms with Gasteiger partial charge in [-0.2, -0.15) is 0 Å². The Bertz CT molecular complexity index is 1190. The standard InChI is InChI=1S/C21H13Br2ClN2O5/c22-13-9-12(11-25-20(27)14-5-1-3-7-17(14)24)19(16(23)10-13)31-21(28)15-6-2-4-8-18(15)26(29)30/h1-10H,11H2,(H,25,27). The third-order valence-corrected chi connectivity index (χ3v) is 5.54. The van der Waals surface area contributed by atoms with Gasteiger partial charge in [0.15, 0.2) is 0 Å². The Morgan fingerprint density at radius 2 is 1.68 bits per heavy atom. The highest BCUT2D eigenvalue weighted by Crippen LogP contribution is 2.34. The summed E-state index contributed by atoms with van der Waals surface area (Å²) in [5, 5.41) is 14.3. The maximum absolute atomic E-state index is 12.7. The number of rotatable bonds is 6. The predicted octanol–water partition coefficient (Wildman–Crippen LogP) is 5.92. The number of nitrogens with zero attached hydrogens (tertiary/aromatic N) is 1. The van der Waals surface area contributed by atoms with E-state index in [-0.39, 0.29) is 23.5 Å². The number of benzene rings is 3. The van der Waals surface area contributed by atoms with E-state index in [4.69, 9.17) is 16.3 Å². The minimum Gasteiger partial charge on any atom is -0.421 e. The minimum atomic E-state index is -0.894. The van der Waals surface area contributed by atoms with Gasteiger partial charge in [0.2, 0.25) is 0 Å². The van der Waals surface area contributed by atoms with Gasteiger partial charge < -0.3 is 10.1 Å². The first-order valence-corrected chi connectivity index (χ1v) is 10.7. The SMILES string of the molecule is O=C(NCc1cc(Br)cc(Br)c1OC(=O)c1ccccc1[N+](=O)[O-])c1ccccc1Cl. The number of nitrogens with one attached hydrogen (secondary N) is 1. The molecule has 0 bridgehead atoms. The van der Waals surface area contributed by atoms with Crippen molar-refractivity contribution in [3.05, 3.63) is 101 Å². The van der Waals surface area contributed by atoms with Crippen molar-refractivity contribution in [1.82, 2.24) is 5.32 Å². The monoisotopic (exact) mass is 566 g/mol. The second kappa shape index (κ2) is 10.0. The number of hydrogen-bond acceptors (Lipinski definition) is 5. The van der Waals surface area contributed by atoms with Crippen LogP contribution in [0.1, 0.15) is 26.3 Å². The molecule has 0 aliphatic heterocycles. The molecule has 0 fully saturated rings. The van der Waals surface area contributed by atoms with E-state index in [1.165, 1.54) is 24.3 Å². The molecule has 0 heterocycles. The van der Waals surface area contributed by atoms with E-state index < -0.39 is 16.8 Å². The number of hydrogen-bond donors (Lipinski definition) is 1. The molecule has 0 saturated carbocycles. The summed E-state index contributed by atoms with van der Waals surface area (Å²) in [5.41, 5.74) is 0.216. The van der Waals surface area contributed by atoms with Crippen LogP contribution in [-0.2, 0) is 6.54 Å². The molecule has 3 aromatic rings. The zero-order chi connectivity index (χ0) is 22.5. The van der Waals surface area contributed by atoms with Crippen molar-refractivity contribution >= 4 is 61.0 Å². The van der Waals surface area contributed by atoms with Crippen LogP contribution in [0.15, 0.2) is 69.6 Å². The molecular formula is C21H13Br2ClN2O5.